The predicted octanol–water partition coefficient (Wildman–Crippen LogP) is 1.59. The lowest BCUT2D eigenvalue weighted by Gasteiger charge is -2.25. The normalized spacial score (nSPS) is 11.0. The molecule has 0 unspecified atom stereocenters. The summed E-state index contributed by atoms with van der Waals surface area (Å²) < 4.78 is 1.91. The molecule has 16 heavy (non-hydrogen) atoms. The largest absolute Gasteiger partial charge is 0.300 e. The van der Waals surface area contributed by atoms with Crippen molar-refractivity contribution in [3.63, 3.8) is 0 Å². The summed E-state index contributed by atoms with van der Waals surface area (Å²) in [6.07, 6.45) is 3.41. The van der Waals surface area contributed by atoms with E-state index in [1.807, 2.05) is 24.0 Å². The molecule has 1 aromatic heterocycles. The van der Waals surface area contributed by atoms with Crippen molar-refractivity contribution in [1.29, 1.82) is 5.26 Å². The van der Waals surface area contributed by atoms with Crippen molar-refractivity contribution in [1.82, 2.24) is 14.7 Å². The van der Waals surface area contributed by atoms with Crippen LogP contribution in [0.2, 0.25) is 0 Å². The number of aromatic nitrogens is 2. The van der Waals surface area contributed by atoms with E-state index >= 15 is 0 Å². The topological polar surface area (TPSA) is 44.9 Å². The number of hydrogen-bond acceptors (Lipinski definition) is 3. The lowest BCUT2D eigenvalue weighted by Crippen LogP contribution is -2.33. The van der Waals surface area contributed by atoms with Crippen molar-refractivity contribution < 1.29 is 0 Å². The first-order chi connectivity index (χ1) is 7.65. The molecule has 0 fully saturated rings. The van der Waals surface area contributed by atoms with E-state index in [-0.39, 0.29) is 0 Å². The molecule has 1 aromatic rings. The van der Waals surface area contributed by atoms with Crippen LogP contribution in [0.4, 0.5) is 0 Å². The van der Waals surface area contributed by atoms with E-state index in [1.54, 1.807) is 0 Å². The minimum atomic E-state index is 0.488. The Morgan fingerprint density at radius 2 is 2.25 bits per heavy atom. The van der Waals surface area contributed by atoms with E-state index in [0.717, 1.165) is 19.5 Å². The summed E-state index contributed by atoms with van der Waals surface area (Å²) in [6.45, 7) is 6.17. The van der Waals surface area contributed by atoms with Gasteiger partial charge in [0.1, 0.15) is 0 Å². The molecule has 0 bridgehead atoms. The van der Waals surface area contributed by atoms with E-state index in [9.17, 15) is 0 Å². The zero-order valence-electron chi connectivity index (χ0n) is 10.3. The van der Waals surface area contributed by atoms with Crippen LogP contribution in [0.3, 0.4) is 0 Å². The molecule has 88 valence electrons. The zero-order valence-corrected chi connectivity index (χ0v) is 10.3. The molecule has 1 rings (SSSR count). The standard InChI is InChI=1S/C12H20N4/c1-11(2)16(9-4-7-13)10-6-12-5-8-14-15(12)3/h5,8,11H,4,6,9-10H2,1-3H3. The van der Waals surface area contributed by atoms with Crippen LogP contribution in [-0.2, 0) is 13.5 Å². The fourth-order valence-corrected chi connectivity index (χ4v) is 1.73. The Morgan fingerprint density at radius 1 is 1.50 bits per heavy atom. The Hall–Kier alpha value is -1.34. The van der Waals surface area contributed by atoms with E-state index in [2.05, 4.69) is 29.9 Å². The molecule has 0 atom stereocenters. The van der Waals surface area contributed by atoms with Crippen LogP contribution in [0, 0.1) is 11.3 Å². The molecule has 0 amide bonds. The van der Waals surface area contributed by atoms with Gasteiger partial charge in [0.15, 0.2) is 0 Å². The van der Waals surface area contributed by atoms with Crippen molar-refractivity contribution in [3.8, 4) is 6.07 Å². The fourth-order valence-electron chi connectivity index (χ4n) is 1.73. The highest BCUT2D eigenvalue weighted by Crippen LogP contribution is 2.04. The summed E-state index contributed by atoms with van der Waals surface area (Å²) in [7, 11) is 1.96. The van der Waals surface area contributed by atoms with E-state index < -0.39 is 0 Å². The molecule has 4 heteroatoms. The SMILES string of the molecule is CC(C)N(CCC#N)CCc1ccnn1C. The summed E-state index contributed by atoms with van der Waals surface area (Å²) in [6, 6.07) is 4.73. The van der Waals surface area contributed by atoms with Gasteiger partial charge in [0.25, 0.3) is 0 Å². The smallest absolute Gasteiger partial charge is 0.0635 e. The highest BCUT2D eigenvalue weighted by atomic mass is 15.3. The van der Waals surface area contributed by atoms with Gasteiger partial charge in [-0.05, 0) is 19.9 Å². The molecule has 0 radical (unpaired) electrons. The molecular weight excluding hydrogens is 200 g/mol. The van der Waals surface area contributed by atoms with Gasteiger partial charge in [-0.15, -0.1) is 0 Å². The third-order valence-corrected chi connectivity index (χ3v) is 2.82. The van der Waals surface area contributed by atoms with Gasteiger partial charge in [0.2, 0.25) is 0 Å². The number of aryl methyl sites for hydroxylation is 1. The van der Waals surface area contributed by atoms with Crippen LogP contribution >= 0.6 is 0 Å². The number of rotatable bonds is 6. The second-order valence-electron chi connectivity index (χ2n) is 4.23. The lowest BCUT2D eigenvalue weighted by atomic mass is 10.2. The third-order valence-electron chi connectivity index (χ3n) is 2.82. The molecule has 0 saturated heterocycles. The Labute approximate surface area is 97.5 Å². The predicted molar refractivity (Wildman–Crippen MR) is 63.9 cm³/mol. The molecular formula is C12H20N4. The molecule has 4 nitrogen and oxygen atoms in total. The molecule has 0 aliphatic carbocycles. The van der Waals surface area contributed by atoms with Crippen molar-refractivity contribution in [2.24, 2.45) is 7.05 Å². The maximum atomic E-state index is 8.60. The fraction of sp³-hybridized carbons (Fsp3) is 0.667. The third kappa shape index (κ3) is 3.67. The zero-order chi connectivity index (χ0) is 12.0. The first kappa shape index (κ1) is 12.7. The first-order valence-corrected chi connectivity index (χ1v) is 5.73. The summed E-state index contributed by atoms with van der Waals surface area (Å²) in [5, 5.41) is 12.7. The summed E-state index contributed by atoms with van der Waals surface area (Å²) in [5.41, 5.74) is 1.24. The lowest BCUT2D eigenvalue weighted by molar-refractivity contribution is 0.228. The Bertz CT molecular complexity index is 348. The Balaban J connectivity index is 2.44. The van der Waals surface area contributed by atoms with Gasteiger partial charge in [-0.1, -0.05) is 0 Å². The molecule has 0 spiro atoms. The van der Waals surface area contributed by atoms with Crippen LogP contribution in [0.15, 0.2) is 12.3 Å². The number of nitriles is 1. The summed E-state index contributed by atoms with van der Waals surface area (Å²) in [4.78, 5) is 2.33. The second kappa shape index (κ2) is 6.29. The van der Waals surface area contributed by atoms with Gasteiger partial charge in [0, 0.05) is 50.9 Å². The maximum absolute atomic E-state index is 8.60. The minimum Gasteiger partial charge on any atom is -0.300 e. The maximum Gasteiger partial charge on any atom is 0.0635 e. The summed E-state index contributed by atoms with van der Waals surface area (Å²) >= 11 is 0. The van der Waals surface area contributed by atoms with E-state index in [1.165, 1.54) is 5.69 Å². The second-order valence-corrected chi connectivity index (χ2v) is 4.23. The average Bonchev–Trinajstić information content (AvgIpc) is 2.64. The monoisotopic (exact) mass is 220 g/mol. The van der Waals surface area contributed by atoms with Crippen LogP contribution in [0.1, 0.15) is 26.0 Å². The Morgan fingerprint density at radius 3 is 2.75 bits per heavy atom. The number of hydrogen-bond donors (Lipinski definition) is 0. The van der Waals surface area contributed by atoms with Crippen LogP contribution < -0.4 is 0 Å². The van der Waals surface area contributed by atoms with Gasteiger partial charge in [-0.2, -0.15) is 10.4 Å². The average molecular weight is 220 g/mol. The Kier molecular flexibility index (Phi) is 5.00. The molecule has 0 saturated carbocycles. The molecule has 0 N–H and O–H groups in total. The molecule has 0 aliphatic heterocycles. The van der Waals surface area contributed by atoms with Gasteiger partial charge in [-0.3, -0.25) is 9.58 Å². The summed E-state index contributed by atoms with van der Waals surface area (Å²) in [5.74, 6) is 0. The van der Waals surface area contributed by atoms with Crippen LogP contribution in [0.5, 0.6) is 0 Å². The molecule has 1 heterocycles. The van der Waals surface area contributed by atoms with Crippen LogP contribution in [0.25, 0.3) is 0 Å². The highest BCUT2D eigenvalue weighted by Gasteiger charge is 2.09. The highest BCUT2D eigenvalue weighted by molar-refractivity contribution is 5.00. The van der Waals surface area contributed by atoms with Gasteiger partial charge in [0.05, 0.1) is 6.07 Å². The van der Waals surface area contributed by atoms with E-state index in [4.69, 9.17) is 5.26 Å². The van der Waals surface area contributed by atoms with Gasteiger partial charge in [-0.25, -0.2) is 0 Å². The first-order valence-electron chi connectivity index (χ1n) is 5.73. The quantitative estimate of drug-likeness (QED) is 0.731. The number of nitrogens with zero attached hydrogens (tertiary/aromatic N) is 4. The molecule has 0 aliphatic rings. The molecule has 0 aromatic carbocycles. The van der Waals surface area contributed by atoms with E-state index in [0.29, 0.717) is 12.5 Å². The minimum absolute atomic E-state index is 0.488. The van der Waals surface area contributed by atoms with Crippen molar-refractivity contribution in [2.45, 2.75) is 32.7 Å². The van der Waals surface area contributed by atoms with Crippen LogP contribution in [-0.4, -0.2) is 33.8 Å². The van der Waals surface area contributed by atoms with Crippen molar-refractivity contribution >= 4 is 0 Å². The van der Waals surface area contributed by atoms with Gasteiger partial charge >= 0.3 is 0 Å². The van der Waals surface area contributed by atoms with Gasteiger partial charge < -0.3 is 0 Å². The van der Waals surface area contributed by atoms with Crippen molar-refractivity contribution in [3.05, 3.63) is 18.0 Å². The van der Waals surface area contributed by atoms with Crippen molar-refractivity contribution in [2.75, 3.05) is 13.1 Å².